The van der Waals surface area contributed by atoms with E-state index in [0.29, 0.717) is 12.2 Å². The van der Waals surface area contributed by atoms with Crippen LogP contribution in [-0.4, -0.2) is 40.0 Å². The number of rotatable bonds is 8. The van der Waals surface area contributed by atoms with E-state index >= 15 is 0 Å². The summed E-state index contributed by atoms with van der Waals surface area (Å²) >= 11 is 0. The molecule has 7 atom stereocenters. The van der Waals surface area contributed by atoms with Crippen LogP contribution < -0.4 is 0 Å². The van der Waals surface area contributed by atoms with Crippen molar-refractivity contribution in [3.05, 3.63) is 0 Å². The lowest BCUT2D eigenvalue weighted by molar-refractivity contribution is 0.271. The molecular formula is C23H44O3Si2. The predicted molar refractivity (Wildman–Crippen MR) is 121 cm³/mol. The SMILES string of the molecule is CC(C[Si](C)(C)O[Si](C)(C)CCC1CCC2(C)OC2C1)C1CCC2(C)OC2C1. The molecule has 2 heterocycles. The van der Waals surface area contributed by atoms with Crippen LogP contribution in [0.25, 0.3) is 0 Å². The van der Waals surface area contributed by atoms with Crippen LogP contribution in [-0.2, 0) is 13.6 Å². The summed E-state index contributed by atoms with van der Waals surface area (Å²) in [6.45, 7) is 17.0. The van der Waals surface area contributed by atoms with Gasteiger partial charge in [0.15, 0.2) is 16.6 Å². The molecule has 4 rings (SSSR count). The Morgan fingerprint density at radius 2 is 1.54 bits per heavy atom. The van der Waals surface area contributed by atoms with Crippen LogP contribution in [0.1, 0.15) is 65.7 Å². The third kappa shape index (κ3) is 4.79. The largest absolute Gasteiger partial charge is 0.455 e. The molecule has 2 aliphatic carbocycles. The van der Waals surface area contributed by atoms with Crippen molar-refractivity contribution in [2.45, 2.75) is 127 Å². The molecule has 28 heavy (non-hydrogen) atoms. The quantitative estimate of drug-likeness (QED) is 0.336. The maximum absolute atomic E-state index is 7.01. The van der Waals surface area contributed by atoms with Gasteiger partial charge in [-0.05, 0) is 108 Å². The summed E-state index contributed by atoms with van der Waals surface area (Å²) < 4.78 is 18.9. The molecule has 7 unspecified atom stereocenters. The van der Waals surface area contributed by atoms with Gasteiger partial charge >= 0.3 is 0 Å². The first-order valence-corrected chi connectivity index (χ1v) is 18.2. The standard InChI is InChI=1S/C23H44O3Si2/c1-17(19-9-12-23(3)21(15-19)25-23)16-28(6,7)26-27(4,5)13-10-18-8-11-22(2)20(14-18)24-22/h17-21H,8-16H2,1-7H3. The van der Waals surface area contributed by atoms with E-state index in [1.54, 1.807) is 0 Å². The number of hydrogen-bond acceptors (Lipinski definition) is 3. The molecule has 2 saturated heterocycles. The first-order valence-electron chi connectivity index (χ1n) is 12.0. The van der Waals surface area contributed by atoms with Crippen LogP contribution in [0.3, 0.4) is 0 Å². The summed E-state index contributed by atoms with van der Waals surface area (Å²) in [5.41, 5.74) is 0.504. The van der Waals surface area contributed by atoms with Crippen LogP contribution in [0, 0.1) is 17.8 Å². The summed E-state index contributed by atoms with van der Waals surface area (Å²) in [4.78, 5) is 0. The molecule has 4 aliphatic rings. The van der Waals surface area contributed by atoms with E-state index in [2.05, 4.69) is 47.0 Å². The van der Waals surface area contributed by atoms with E-state index in [4.69, 9.17) is 13.6 Å². The molecule has 5 heteroatoms. The van der Waals surface area contributed by atoms with E-state index in [1.165, 1.54) is 57.0 Å². The van der Waals surface area contributed by atoms with Gasteiger partial charge in [-0.1, -0.05) is 13.3 Å². The molecule has 0 bridgehead atoms. The van der Waals surface area contributed by atoms with Crippen LogP contribution in [0.5, 0.6) is 0 Å². The molecule has 2 aliphatic heterocycles. The molecule has 162 valence electrons. The van der Waals surface area contributed by atoms with E-state index in [0.717, 1.165) is 17.8 Å². The van der Waals surface area contributed by atoms with Gasteiger partial charge in [0.25, 0.3) is 0 Å². The molecule has 0 spiro atoms. The fourth-order valence-corrected chi connectivity index (χ4v) is 16.2. The lowest BCUT2D eigenvalue weighted by Gasteiger charge is -2.38. The van der Waals surface area contributed by atoms with Crippen molar-refractivity contribution < 1.29 is 13.6 Å². The van der Waals surface area contributed by atoms with E-state index in [-0.39, 0.29) is 11.2 Å². The Balaban J connectivity index is 1.22. The lowest BCUT2D eigenvalue weighted by atomic mass is 9.77. The smallest absolute Gasteiger partial charge is 0.173 e. The van der Waals surface area contributed by atoms with Gasteiger partial charge in [0.1, 0.15) is 0 Å². The van der Waals surface area contributed by atoms with Gasteiger partial charge in [-0.3, -0.25) is 0 Å². The normalized spacial score (nSPS) is 43.8. The van der Waals surface area contributed by atoms with Crippen LogP contribution in [0.4, 0.5) is 0 Å². The second-order valence-electron chi connectivity index (χ2n) is 12.4. The molecule has 0 aromatic carbocycles. The fourth-order valence-electron chi connectivity index (χ4n) is 6.51. The average Bonchev–Trinajstić information content (AvgIpc) is 3.43. The summed E-state index contributed by atoms with van der Waals surface area (Å²) in [5.74, 6) is 2.49. The van der Waals surface area contributed by atoms with Gasteiger partial charge in [-0.2, -0.15) is 0 Å². The molecule has 3 nitrogen and oxygen atoms in total. The molecular weight excluding hydrogens is 380 g/mol. The Morgan fingerprint density at radius 3 is 2.14 bits per heavy atom. The summed E-state index contributed by atoms with van der Waals surface area (Å²) in [6, 6.07) is 2.64. The maximum atomic E-state index is 7.01. The maximum Gasteiger partial charge on any atom is 0.173 e. The molecule has 2 saturated carbocycles. The highest BCUT2D eigenvalue weighted by atomic mass is 28.4. The minimum Gasteiger partial charge on any atom is -0.455 e. The Hall–Kier alpha value is 0.314. The highest BCUT2D eigenvalue weighted by Crippen LogP contribution is 2.52. The minimum atomic E-state index is -1.62. The van der Waals surface area contributed by atoms with Gasteiger partial charge in [0.05, 0.1) is 23.4 Å². The van der Waals surface area contributed by atoms with Crippen molar-refractivity contribution in [3.63, 3.8) is 0 Å². The van der Waals surface area contributed by atoms with E-state index < -0.39 is 16.6 Å². The summed E-state index contributed by atoms with van der Waals surface area (Å²) in [7, 11) is -3.21. The van der Waals surface area contributed by atoms with Gasteiger partial charge in [-0.25, -0.2) is 0 Å². The number of hydrogen-bond donors (Lipinski definition) is 0. The predicted octanol–water partition coefficient (Wildman–Crippen LogP) is 6.35. The Bertz CT molecular complexity index is 594. The lowest BCUT2D eigenvalue weighted by Crippen LogP contribution is -2.46. The zero-order chi connectivity index (χ0) is 20.4. The average molecular weight is 425 g/mol. The van der Waals surface area contributed by atoms with E-state index in [9.17, 15) is 0 Å². The van der Waals surface area contributed by atoms with Gasteiger partial charge in [0, 0.05) is 0 Å². The van der Waals surface area contributed by atoms with Crippen molar-refractivity contribution in [1.29, 1.82) is 0 Å². The molecule has 0 amide bonds. The van der Waals surface area contributed by atoms with Crippen molar-refractivity contribution in [2.75, 3.05) is 0 Å². The third-order valence-corrected chi connectivity index (χ3v) is 16.1. The number of epoxide rings is 2. The first kappa shape index (κ1) is 21.5. The zero-order valence-electron chi connectivity index (χ0n) is 19.5. The monoisotopic (exact) mass is 424 g/mol. The second-order valence-corrected chi connectivity index (χ2v) is 21.1. The van der Waals surface area contributed by atoms with Gasteiger partial charge in [0.2, 0.25) is 0 Å². The van der Waals surface area contributed by atoms with Crippen LogP contribution in [0.15, 0.2) is 0 Å². The molecule has 0 aromatic heterocycles. The second kappa shape index (κ2) is 7.18. The van der Waals surface area contributed by atoms with Crippen molar-refractivity contribution >= 4 is 16.6 Å². The van der Waals surface area contributed by atoms with Gasteiger partial charge in [-0.15, -0.1) is 0 Å². The third-order valence-electron chi connectivity index (χ3n) is 8.52. The summed E-state index contributed by atoms with van der Waals surface area (Å²) in [5, 5.41) is 0. The zero-order valence-corrected chi connectivity index (χ0v) is 21.5. The Morgan fingerprint density at radius 1 is 0.929 bits per heavy atom. The minimum absolute atomic E-state index is 0.247. The number of fused-ring (bicyclic) bond motifs is 2. The topological polar surface area (TPSA) is 34.3 Å². The van der Waals surface area contributed by atoms with Gasteiger partial charge < -0.3 is 13.6 Å². The highest BCUT2D eigenvalue weighted by Gasteiger charge is 2.56. The Labute approximate surface area is 175 Å². The first-order chi connectivity index (χ1) is 12.9. The van der Waals surface area contributed by atoms with Crippen molar-refractivity contribution in [2.24, 2.45) is 17.8 Å². The Kier molecular flexibility index (Phi) is 5.53. The highest BCUT2D eigenvalue weighted by molar-refractivity contribution is 6.84. The molecule has 0 aromatic rings. The molecule has 4 fully saturated rings. The van der Waals surface area contributed by atoms with E-state index in [1.807, 2.05) is 0 Å². The fraction of sp³-hybridized carbons (Fsp3) is 1.00. The van der Waals surface area contributed by atoms with Crippen LogP contribution >= 0.6 is 0 Å². The van der Waals surface area contributed by atoms with Crippen molar-refractivity contribution in [3.8, 4) is 0 Å². The summed E-state index contributed by atoms with van der Waals surface area (Å²) in [6.07, 6.45) is 10.3. The number of ether oxygens (including phenoxy) is 2. The molecule has 0 N–H and O–H groups in total. The molecule has 0 radical (unpaired) electrons. The van der Waals surface area contributed by atoms with Crippen molar-refractivity contribution in [1.82, 2.24) is 0 Å². The van der Waals surface area contributed by atoms with Crippen LogP contribution in [0.2, 0.25) is 38.3 Å².